The summed E-state index contributed by atoms with van der Waals surface area (Å²) in [5, 5.41) is 16.3. The highest BCUT2D eigenvalue weighted by molar-refractivity contribution is 6.44. The maximum absolute atomic E-state index is 16.1. The molecule has 12 aromatic rings. The molecule has 0 unspecified atom stereocenters. The summed E-state index contributed by atoms with van der Waals surface area (Å²) in [7, 11) is 0. The highest BCUT2D eigenvalue weighted by Gasteiger charge is 2.44. The van der Waals surface area contributed by atoms with Gasteiger partial charge in [-0.15, -0.1) is 0 Å². The number of imide groups is 2. The molecule has 0 bridgehead atoms. The lowest BCUT2D eigenvalue weighted by Crippen LogP contribution is -2.44. The Morgan fingerprint density at radius 1 is 0.309 bits per heavy atom. The van der Waals surface area contributed by atoms with E-state index in [4.69, 9.17) is 0 Å². The molecule has 14 rings (SSSR count). The van der Waals surface area contributed by atoms with Crippen molar-refractivity contribution in [1.29, 1.82) is 0 Å². The lowest BCUT2D eigenvalue weighted by Gasteiger charge is -2.35. The number of hydrogen-bond acceptors (Lipinski definition) is 6. The summed E-state index contributed by atoms with van der Waals surface area (Å²) in [5.74, 6) is 11.3. The van der Waals surface area contributed by atoms with Crippen LogP contribution < -0.4 is 20.4 Å². The number of rotatable bonds is 6. The maximum Gasteiger partial charge on any atom is 0.268 e. The molecule has 0 spiro atoms. The van der Waals surface area contributed by atoms with Crippen LogP contribution in [0.25, 0.3) is 53.9 Å². The van der Waals surface area contributed by atoms with Gasteiger partial charge in [-0.05, 0) is 184 Å². The molecular formula is C86H72N4O4. The highest BCUT2D eigenvalue weighted by atomic mass is 16.2. The van der Waals surface area contributed by atoms with Crippen molar-refractivity contribution in [1.82, 2.24) is 0 Å². The van der Waals surface area contributed by atoms with E-state index in [1.54, 1.807) is 36.4 Å². The van der Waals surface area contributed by atoms with Crippen molar-refractivity contribution in [3.63, 3.8) is 0 Å². The first kappa shape index (κ1) is 60.5. The van der Waals surface area contributed by atoms with E-state index in [0.717, 1.165) is 76.5 Å². The number of hydrogen-bond donors (Lipinski definition) is 2. The van der Waals surface area contributed by atoms with Crippen molar-refractivity contribution in [2.75, 3.05) is 20.4 Å². The third kappa shape index (κ3) is 10.8. The number of anilines is 6. The van der Waals surface area contributed by atoms with Crippen LogP contribution in [-0.4, -0.2) is 23.6 Å². The molecular weight excluding hydrogens is 1150 g/mol. The molecule has 2 aliphatic rings. The minimum absolute atomic E-state index is 0.144. The maximum atomic E-state index is 16.1. The van der Waals surface area contributed by atoms with Gasteiger partial charge in [0.05, 0.1) is 45.0 Å². The summed E-state index contributed by atoms with van der Waals surface area (Å²) in [4.78, 5) is 66.4. The fourth-order valence-electron chi connectivity index (χ4n) is 13.1. The van der Waals surface area contributed by atoms with Crippen molar-refractivity contribution in [2.45, 2.75) is 105 Å². The van der Waals surface area contributed by atoms with Crippen LogP contribution in [0.2, 0.25) is 0 Å². The topological polar surface area (TPSA) is 98.8 Å². The van der Waals surface area contributed by atoms with Crippen molar-refractivity contribution in [3.8, 4) is 23.7 Å². The Kier molecular flexibility index (Phi) is 14.4. The average molecular weight is 1230 g/mol. The average Bonchev–Trinajstić information content (AvgIpc) is 0.694. The van der Waals surface area contributed by atoms with E-state index in [-0.39, 0.29) is 54.7 Å². The van der Waals surface area contributed by atoms with E-state index in [9.17, 15) is 0 Å². The van der Waals surface area contributed by atoms with E-state index >= 15 is 19.2 Å². The van der Waals surface area contributed by atoms with Crippen LogP contribution in [0, 0.1) is 23.7 Å². The summed E-state index contributed by atoms with van der Waals surface area (Å²) in [6, 6.07) is 67.8. The monoisotopic (exact) mass is 1220 g/mol. The van der Waals surface area contributed by atoms with Gasteiger partial charge < -0.3 is 10.6 Å². The van der Waals surface area contributed by atoms with Crippen LogP contribution in [0.5, 0.6) is 0 Å². The van der Waals surface area contributed by atoms with E-state index < -0.39 is 23.6 Å². The lowest BCUT2D eigenvalue weighted by molar-refractivity contribution is 0.0873. The van der Waals surface area contributed by atoms with Gasteiger partial charge in [0.25, 0.3) is 23.6 Å². The molecule has 8 heteroatoms. The van der Waals surface area contributed by atoms with Gasteiger partial charge in [0.1, 0.15) is 0 Å². The number of carbonyl (C=O) groups excluding carboxylic acids is 4. The molecule has 0 atom stereocenters. The zero-order valence-corrected chi connectivity index (χ0v) is 55.2. The van der Waals surface area contributed by atoms with Gasteiger partial charge in [-0.3, -0.25) is 19.2 Å². The Hall–Kier alpha value is -11.1. The Morgan fingerprint density at radius 3 is 0.883 bits per heavy atom. The quantitative estimate of drug-likeness (QED) is 0.0978. The van der Waals surface area contributed by atoms with E-state index in [0.29, 0.717) is 45.3 Å². The Morgan fingerprint density at radius 2 is 0.596 bits per heavy atom. The molecule has 0 aliphatic carbocycles. The largest absolute Gasteiger partial charge is 0.355 e. The molecule has 0 saturated heterocycles. The summed E-state index contributed by atoms with van der Waals surface area (Å²) in [6.45, 7) is 26.0. The Labute approximate surface area is 549 Å². The predicted molar refractivity (Wildman–Crippen MR) is 388 cm³/mol. The molecule has 8 nitrogen and oxygen atoms in total. The lowest BCUT2D eigenvalue weighted by atomic mass is 9.80. The van der Waals surface area contributed by atoms with Crippen LogP contribution in [0.1, 0.15) is 169 Å². The first-order valence-electron chi connectivity index (χ1n) is 32.1. The van der Waals surface area contributed by atoms with Gasteiger partial charge in [0.15, 0.2) is 0 Å². The molecule has 0 fully saturated rings. The minimum Gasteiger partial charge on any atom is -0.355 e. The summed E-state index contributed by atoms with van der Waals surface area (Å²) in [6.07, 6.45) is 0. The van der Waals surface area contributed by atoms with Crippen molar-refractivity contribution in [3.05, 3.63) is 273 Å². The first-order chi connectivity index (χ1) is 44.8. The molecule has 460 valence electrons. The molecule has 2 N–H and O–H groups in total. The molecule has 4 amide bonds. The van der Waals surface area contributed by atoms with Crippen LogP contribution >= 0.6 is 0 Å². The molecule has 0 aromatic heterocycles. The van der Waals surface area contributed by atoms with Crippen LogP contribution in [0.4, 0.5) is 34.1 Å². The second-order valence-corrected chi connectivity index (χ2v) is 29.2. The third-order valence-corrected chi connectivity index (χ3v) is 18.5. The Balaban J connectivity index is 0.951. The van der Waals surface area contributed by atoms with Crippen molar-refractivity contribution in [2.24, 2.45) is 0 Å². The molecule has 2 heterocycles. The number of benzene rings is 12. The summed E-state index contributed by atoms with van der Waals surface area (Å²) >= 11 is 0. The van der Waals surface area contributed by atoms with Gasteiger partial charge in [0, 0.05) is 44.4 Å². The number of amides is 4. The molecule has 94 heavy (non-hydrogen) atoms. The first-order valence-corrected chi connectivity index (χ1v) is 32.1. The van der Waals surface area contributed by atoms with Gasteiger partial charge in [-0.2, -0.15) is 0 Å². The number of nitrogens with zero attached hydrogens (tertiary/aromatic N) is 2. The zero-order valence-electron chi connectivity index (χ0n) is 55.2. The molecule has 2 aliphatic heterocycles. The van der Waals surface area contributed by atoms with Crippen molar-refractivity contribution >= 4 is 112 Å². The van der Waals surface area contributed by atoms with E-state index in [1.807, 2.05) is 72.8 Å². The summed E-state index contributed by atoms with van der Waals surface area (Å²) < 4.78 is 0. The zero-order chi connectivity index (χ0) is 65.9. The predicted octanol–water partition coefficient (Wildman–Crippen LogP) is 20.5. The minimum atomic E-state index is -0.620. The highest BCUT2D eigenvalue weighted by Crippen LogP contribution is 2.48. The van der Waals surface area contributed by atoms with Crippen LogP contribution in [-0.2, 0) is 21.7 Å². The van der Waals surface area contributed by atoms with Gasteiger partial charge in [0.2, 0.25) is 0 Å². The van der Waals surface area contributed by atoms with E-state index in [1.165, 1.54) is 9.80 Å². The standard InChI is InChI=1S/C86H72N4O4/c1-83(2,3)57-43-58(84(4,5)6)46-61(45-57)87-73-49-71-76-75-72(80(92)89(81(93)77(73)75)63-35-29-51(30-36-63)33-39-69-65-25-17-13-21-53(65)41-54-22-14-18-26-66(54)69)50-74(88-62-47-59(85(7,8)9)44-60(48-62)86(10,11)12)78(76)82(94)90(79(71)91)64-37-31-52(32-38-64)34-40-70-67-27-19-15-23-55(67)42-56-24-16-20-28-68(56)70/h13-32,35-38,41-50,87-88H,1-12H3. The second-order valence-electron chi connectivity index (χ2n) is 29.2. The normalized spacial score (nSPS) is 13.4. The summed E-state index contributed by atoms with van der Waals surface area (Å²) in [5.41, 5.74) is 9.57. The smallest absolute Gasteiger partial charge is 0.268 e. The number of nitrogens with one attached hydrogen (secondary N) is 2. The van der Waals surface area contributed by atoms with Gasteiger partial charge in [-0.25, -0.2) is 9.80 Å². The number of carbonyl (C=O) groups is 4. The van der Waals surface area contributed by atoms with Gasteiger partial charge >= 0.3 is 0 Å². The number of fused-ring (bicyclic) bond motifs is 4. The SMILES string of the molecule is CC(C)(C)c1cc(Nc2cc3c4c(c(Nc5cc(C(C)(C)C)cc(C(C)(C)C)c5)cc5c4c2C(=O)N(c2ccc(C#Cc4c6ccccc6cc6ccccc46)cc2)C5=O)C(=O)N(c2ccc(C#Cc4c5ccccc5cc5ccccc45)cc2)C3=O)cc(C(C)(C)C)c1. The van der Waals surface area contributed by atoms with Crippen LogP contribution in [0.15, 0.2) is 206 Å². The molecule has 12 aromatic carbocycles. The van der Waals surface area contributed by atoms with Crippen LogP contribution in [0.3, 0.4) is 0 Å². The second kappa shape index (κ2) is 22.4. The fraction of sp³-hybridized carbons (Fsp3) is 0.186. The van der Waals surface area contributed by atoms with Crippen molar-refractivity contribution < 1.29 is 19.2 Å². The molecule has 0 radical (unpaired) electrons. The molecule has 0 saturated carbocycles. The van der Waals surface area contributed by atoms with Gasteiger partial charge in [-0.1, -0.05) is 216 Å². The fourth-order valence-corrected chi connectivity index (χ4v) is 13.1. The van der Waals surface area contributed by atoms with E-state index in [2.05, 4.69) is 214 Å². The Bertz CT molecular complexity index is 4880. The third-order valence-electron chi connectivity index (χ3n) is 18.5.